The Kier molecular flexibility index (Phi) is 7.20. The monoisotopic (exact) mass is 399 g/mol. The number of nitrogens with one attached hydrogen (secondary N) is 3. The van der Waals surface area contributed by atoms with Crippen molar-refractivity contribution in [2.75, 3.05) is 13.1 Å². The van der Waals surface area contributed by atoms with Crippen LogP contribution in [0.1, 0.15) is 71.6 Å². The quantitative estimate of drug-likeness (QED) is 0.661. The molecule has 3 N–H and O–H groups in total. The predicted molar refractivity (Wildman–Crippen MR) is 108 cm³/mol. The zero-order valence-electron chi connectivity index (χ0n) is 16.9. The molecule has 1 heterocycles. The van der Waals surface area contributed by atoms with Crippen LogP contribution < -0.4 is 15.4 Å². The van der Waals surface area contributed by atoms with Gasteiger partial charge in [-0.1, -0.05) is 20.3 Å². The third-order valence-corrected chi connectivity index (χ3v) is 8.76. The number of hydrogen-bond acceptors (Lipinski definition) is 4. The molecule has 0 radical (unpaired) electrons. The van der Waals surface area contributed by atoms with Crippen molar-refractivity contribution in [3.05, 3.63) is 0 Å². The van der Waals surface area contributed by atoms with Gasteiger partial charge in [0.05, 0.1) is 5.25 Å². The Morgan fingerprint density at radius 3 is 2.52 bits per heavy atom. The number of rotatable bonds is 5. The van der Waals surface area contributed by atoms with Gasteiger partial charge in [0.25, 0.3) is 0 Å². The van der Waals surface area contributed by atoms with Crippen LogP contribution in [-0.2, 0) is 14.8 Å². The fourth-order valence-corrected chi connectivity index (χ4v) is 7.03. The van der Waals surface area contributed by atoms with E-state index in [2.05, 4.69) is 29.2 Å². The van der Waals surface area contributed by atoms with Crippen molar-refractivity contribution in [2.45, 2.75) is 89.0 Å². The van der Waals surface area contributed by atoms with Crippen LogP contribution in [0.5, 0.6) is 0 Å². The molecule has 2 saturated carbocycles. The van der Waals surface area contributed by atoms with E-state index in [1.807, 2.05) is 0 Å². The molecule has 1 aliphatic heterocycles. The summed E-state index contributed by atoms with van der Waals surface area (Å²) in [4.78, 5) is 12.7. The lowest BCUT2D eigenvalue weighted by Crippen LogP contribution is -2.50. The summed E-state index contributed by atoms with van der Waals surface area (Å²) in [6.45, 7) is 6.23. The number of sulfonamides is 1. The molecule has 2 aliphatic carbocycles. The van der Waals surface area contributed by atoms with Crippen molar-refractivity contribution in [2.24, 2.45) is 17.8 Å². The van der Waals surface area contributed by atoms with Gasteiger partial charge in [-0.3, -0.25) is 4.79 Å². The first-order valence-electron chi connectivity index (χ1n) is 10.9. The lowest BCUT2D eigenvalue weighted by molar-refractivity contribution is -0.126. The van der Waals surface area contributed by atoms with Crippen molar-refractivity contribution >= 4 is 15.9 Å². The van der Waals surface area contributed by atoms with E-state index in [9.17, 15) is 13.2 Å². The summed E-state index contributed by atoms with van der Waals surface area (Å²) >= 11 is 0. The van der Waals surface area contributed by atoms with E-state index in [0.29, 0.717) is 24.7 Å². The SMILES string of the molecule is CC1CCC(NS(=O)(=O)C2CCCC(C(=O)NC3CCCNC3)C2)C(C)C1. The van der Waals surface area contributed by atoms with Crippen LogP contribution in [-0.4, -0.2) is 44.7 Å². The van der Waals surface area contributed by atoms with Gasteiger partial charge in [-0.15, -0.1) is 0 Å². The van der Waals surface area contributed by atoms with Gasteiger partial charge in [-0.25, -0.2) is 13.1 Å². The van der Waals surface area contributed by atoms with Crippen LogP contribution in [0.4, 0.5) is 0 Å². The maximum atomic E-state index is 13.0. The van der Waals surface area contributed by atoms with E-state index >= 15 is 0 Å². The number of carbonyl (C=O) groups is 1. The molecular weight excluding hydrogens is 362 g/mol. The molecule has 0 aromatic heterocycles. The largest absolute Gasteiger partial charge is 0.352 e. The zero-order valence-corrected chi connectivity index (χ0v) is 17.7. The molecule has 156 valence electrons. The van der Waals surface area contributed by atoms with E-state index in [1.165, 1.54) is 0 Å². The predicted octanol–water partition coefficient (Wildman–Crippen LogP) is 2.16. The van der Waals surface area contributed by atoms with Crippen molar-refractivity contribution in [1.29, 1.82) is 0 Å². The number of piperidine rings is 1. The van der Waals surface area contributed by atoms with Crippen molar-refractivity contribution in [1.82, 2.24) is 15.4 Å². The maximum absolute atomic E-state index is 13.0. The van der Waals surface area contributed by atoms with Gasteiger partial charge >= 0.3 is 0 Å². The first-order chi connectivity index (χ1) is 12.8. The highest BCUT2D eigenvalue weighted by molar-refractivity contribution is 7.90. The molecule has 0 spiro atoms. The summed E-state index contributed by atoms with van der Waals surface area (Å²) in [5.41, 5.74) is 0. The highest BCUT2D eigenvalue weighted by Gasteiger charge is 2.37. The minimum atomic E-state index is -3.38. The summed E-state index contributed by atoms with van der Waals surface area (Å²) in [6, 6.07) is 0.236. The normalized spacial score (nSPS) is 38.3. The third kappa shape index (κ3) is 5.67. The van der Waals surface area contributed by atoms with Gasteiger partial charge in [0.15, 0.2) is 0 Å². The van der Waals surface area contributed by atoms with Crippen LogP contribution >= 0.6 is 0 Å². The first kappa shape index (κ1) is 21.1. The standard InChI is InChI=1S/C20H37N3O3S/c1-14-8-9-19(15(2)11-14)23-27(25,26)18-7-3-5-16(12-18)20(24)22-17-6-4-10-21-13-17/h14-19,21,23H,3-13H2,1-2H3,(H,22,24). The Hall–Kier alpha value is -0.660. The second-order valence-corrected chi connectivity index (χ2v) is 11.2. The van der Waals surface area contributed by atoms with Crippen LogP contribution in [0.2, 0.25) is 0 Å². The summed E-state index contributed by atoms with van der Waals surface area (Å²) in [5, 5.41) is 6.01. The number of carbonyl (C=O) groups excluding carboxylic acids is 1. The molecule has 0 aromatic carbocycles. The number of amides is 1. The topological polar surface area (TPSA) is 87.3 Å². The summed E-state index contributed by atoms with van der Waals surface area (Å²) in [5.74, 6) is 0.928. The minimum absolute atomic E-state index is 0.0449. The van der Waals surface area contributed by atoms with E-state index in [1.54, 1.807) is 0 Å². The van der Waals surface area contributed by atoms with Gasteiger partial charge in [-0.05, 0) is 69.7 Å². The molecule has 6 atom stereocenters. The van der Waals surface area contributed by atoms with Crippen molar-refractivity contribution in [3.8, 4) is 0 Å². The van der Waals surface area contributed by atoms with Gasteiger partial charge in [0.1, 0.15) is 0 Å². The van der Waals surface area contributed by atoms with Gasteiger partial charge < -0.3 is 10.6 Å². The summed E-state index contributed by atoms with van der Waals surface area (Å²) in [6.07, 6.45) is 7.91. The molecule has 3 fully saturated rings. The smallest absolute Gasteiger partial charge is 0.223 e. The van der Waals surface area contributed by atoms with Crippen LogP contribution in [0.15, 0.2) is 0 Å². The van der Waals surface area contributed by atoms with E-state index in [0.717, 1.165) is 58.0 Å². The molecule has 27 heavy (non-hydrogen) atoms. The highest BCUT2D eigenvalue weighted by Crippen LogP contribution is 2.32. The van der Waals surface area contributed by atoms with Crippen LogP contribution in [0.25, 0.3) is 0 Å². The molecular formula is C20H37N3O3S. The highest BCUT2D eigenvalue weighted by atomic mass is 32.2. The Bertz CT molecular complexity index is 604. The molecule has 1 amide bonds. The zero-order chi connectivity index (χ0) is 19.4. The Labute approximate surface area is 164 Å². The maximum Gasteiger partial charge on any atom is 0.223 e. The Morgan fingerprint density at radius 1 is 1.00 bits per heavy atom. The van der Waals surface area contributed by atoms with Crippen LogP contribution in [0.3, 0.4) is 0 Å². The second-order valence-electron chi connectivity index (χ2n) is 9.20. The van der Waals surface area contributed by atoms with Gasteiger partial charge in [0.2, 0.25) is 15.9 Å². The summed E-state index contributed by atoms with van der Waals surface area (Å²) in [7, 11) is -3.38. The van der Waals surface area contributed by atoms with Gasteiger partial charge in [0, 0.05) is 24.5 Å². The molecule has 6 nitrogen and oxygen atoms in total. The Morgan fingerprint density at radius 2 is 1.81 bits per heavy atom. The molecule has 0 aromatic rings. The Balaban J connectivity index is 1.55. The summed E-state index contributed by atoms with van der Waals surface area (Å²) < 4.78 is 29.0. The average Bonchev–Trinajstić information content (AvgIpc) is 2.65. The van der Waals surface area contributed by atoms with Gasteiger partial charge in [-0.2, -0.15) is 0 Å². The lowest BCUT2D eigenvalue weighted by Gasteiger charge is -2.35. The van der Waals surface area contributed by atoms with Crippen molar-refractivity contribution < 1.29 is 13.2 Å². The van der Waals surface area contributed by atoms with Crippen LogP contribution in [0, 0.1) is 17.8 Å². The minimum Gasteiger partial charge on any atom is -0.352 e. The molecule has 7 heteroatoms. The van der Waals surface area contributed by atoms with E-state index in [4.69, 9.17) is 0 Å². The third-order valence-electron chi connectivity index (χ3n) is 6.83. The first-order valence-corrected chi connectivity index (χ1v) is 12.4. The molecule has 0 bridgehead atoms. The lowest BCUT2D eigenvalue weighted by atomic mass is 9.80. The second kappa shape index (κ2) is 9.23. The molecule has 1 saturated heterocycles. The fourth-order valence-electron chi connectivity index (χ4n) is 5.11. The molecule has 3 rings (SSSR count). The fraction of sp³-hybridized carbons (Fsp3) is 0.950. The molecule has 3 aliphatic rings. The number of hydrogen-bond donors (Lipinski definition) is 3. The molecule has 6 unspecified atom stereocenters. The van der Waals surface area contributed by atoms with Crippen molar-refractivity contribution in [3.63, 3.8) is 0 Å². The van der Waals surface area contributed by atoms with E-state index < -0.39 is 15.3 Å². The average molecular weight is 400 g/mol. The van der Waals surface area contributed by atoms with E-state index in [-0.39, 0.29) is 23.9 Å².